The Kier molecular flexibility index (Phi) is 5.72. The van der Waals surface area contributed by atoms with Crippen molar-refractivity contribution < 1.29 is 18.0 Å². The lowest BCUT2D eigenvalue weighted by Crippen LogP contribution is -2.46. The van der Waals surface area contributed by atoms with E-state index in [4.69, 9.17) is 0 Å². The Bertz CT molecular complexity index is 786. The highest BCUT2D eigenvalue weighted by Gasteiger charge is 2.36. The molecule has 26 heavy (non-hydrogen) atoms. The van der Waals surface area contributed by atoms with Crippen LogP contribution in [0, 0.1) is 5.92 Å². The van der Waals surface area contributed by atoms with Gasteiger partial charge in [-0.2, -0.15) is 0 Å². The van der Waals surface area contributed by atoms with E-state index >= 15 is 0 Å². The van der Waals surface area contributed by atoms with Crippen molar-refractivity contribution in [2.24, 2.45) is 5.92 Å². The summed E-state index contributed by atoms with van der Waals surface area (Å²) in [5.41, 5.74) is 0.645. The average molecular weight is 443 g/mol. The van der Waals surface area contributed by atoms with Crippen LogP contribution in [0.25, 0.3) is 0 Å². The van der Waals surface area contributed by atoms with E-state index in [9.17, 15) is 18.0 Å². The summed E-state index contributed by atoms with van der Waals surface area (Å²) in [4.78, 5) is 28.7. The molecule has 2 aliphatic rings. The van der Waals surface area contributed by atoms with Gasteiger partial charge in [0.25, 0.3) is 5.91 Å². The Morgan fingerprint density at radius 2 is 1.73 bits per heavy atom. The van der Waals surface area contributed by atoms with Gasteiger partial charge in [-0.15, -0.1) is 0 Å². The first kappa shape index (κ1) is 19.4. The maximum absolute atomic E-state index is 12.7. The van der Waals surface area contributed by atoms with Gasteiger partial charge in [0.15, 0.2) is 9.84 Å². The average Bonchev–Trinajstić information content (AvgIpc) is 3.00. The fourth-order valence-corrected chi connectivity index (χ4v) is 5.69. The van der Waals surface area contributed by atoms with Crippen LogP contribution in [0.15, 0.2) is 28.7 Å². The number of likely N-dealkylation sites (tertiary alicyclic amines) is 1. The number of hydrogen-bond donors (Lipinski definition) is 0. The predicted octanol–water partition coefficient (Wildman–Crippen LogP) is 1.95. The highest BCUT2D eigenvalue weighted by Crippen LogP contribution is 2.24. The third-order valence-corrected chi connectivity index (χ3v) is 7.61. The highest BCUT2D eigenvalue weighted by molar-refractivity contribution is 9.10. The van der Waals surface area contributed by atoms with Gasteiger partial charge in [-0.05, 0) is 43.5 Å². The van der Waals surface area contributed by atoms with Crippen LogP contribution in [-0.2, 0) is 14.6 Å². The summed E-state index contributed by atoms with van der Waals surface area (Å²) >= 11 is 3.36. The molecule has 2 saturated heterocycles. The quantitative estimate of drug-likeness (QED) is 0.716. The van der Waals surface area contributed by atoms with E-state index in [2.05, 4.69) is 15.9 Å². The molecular formula is C18H23BrN2O4S. The topological polar surface area (TPSA) is 74.8 Å². The molecule has 2 amide bonds. The van der Waals surface area contributed by atoms with Crippen LogP contribution in [0.3, 0.4) is 0 Å². The first-order chi connectivity index (χ1) is 12.3. The summed E-state index contributed by atoms with van der Waals surface area (Å²) in [7, 11) is -1.31. The van der Waals surface area contributed by atoms with Crippen molar-refractivity contribution >= 4 is 37.6 Å². The number of sulfone groups is 1. The number of amides is 2. The van der Waals surface area contributed by atoms with E-state index in [0.717, 1.165) is 4.47 Å². The number of hydrogen-bond acceptors (Lipinski definition) is 4. The van der Waals surface area contributed by atoms with Gasteiger partial charge in [-0.25, -0.2) is 8.42 Å². The SMILES string of the molecule is CN(C(=O)C1CCN(C(=O)c2ccc(Br)cc2)CC1)C1CCS(=O)(=O)C1. The first-order valence-corrected chi connectivity index (χ1v) is 11.4. The number of rotatable bonds is 3. The van der Waals surface area contributed by atoms with E-state index in [0.29, 0.717) is 37.9 Å². The summed E-state index contributed by atoms with van der Waals surface area (Å²) < 4.78 is 24.2. The fraction of sp³-hybridized carbons (Fsp3) is 0.556. The van der Waals surface area contributed by atoms with Gasteiger partial charge in [0.05, 0.1) is 11.5 Å². The van der Waals surface area contributed by atoms with Crippen LogP contribution in [0.5, 0.6) is 0 Å². The number of piperidine rings is 1. The van der Waals surface area contributed by atoms with Gasteiger partial charge >= 0.3 is 0 Å². The van der Waals surface area contributed by atoms with Crippen molar-refractivity contribution in [1.29, 1.82) is 0 Å². The molecule has 0 aromatic heterocycles. The molecule has 0 saturated carbocycles. The number of carbonyl (C=O) groups is 2. The minimum atomic E-state index is -3.01. The van der Waals surface area contributed by atoms with Gasteiger partial charge < -0.3 is 9.80 Å². The monoisotopic (exact) mass is 442 g/mol. The Hall–Kier alpha value is -1.41. The van der Waals surface area contributed by atoms with Crippen molar-refractivity contribution in [2.75, 3.05) is 31.6 Å². The van der Waals surface area contributed by atoms with Crippen molar-refractivity contribution in [2.45, 2.75) is 25.3 Å². The minimum Gasteiger partial charge on any atom is -0.341 e. The second-order valence-corrected chi connectivity index (χ2v) is 10.2. The molecule has 2 heterocycles. The second kappa shape index (κ2) is 7.68. The molecule has 142 valence electrons. The summed E-state index contributed by atoms with van der Waals surface area (Å²) in [5.74, 6) is 0.0738. The third-order valence-electron chi connectivity index (χ3n) is 5.33. The van der Waals surface area contributed by atoms with E-state index in [1.165, 1.54) is 0 Å². The fourth-order valence-electron chi connectivity index (χ4n) is 3.65. The van der Waals surface area contributed by atoms with Crippen LogP contribution >= 0.6 is 15.9 Å². The zero-order chi connectivity index (χ0) is 18.9. The lowest BCUT2D eigenvalue weighted by atomic mass is 9.94. The van der Waals surface area contributed by atoms with Crippen molar-refractivity contribution in [3.8, 4) is 0 Å². The van der Waals surface area contributed by atoms with Crippen molar-refractivity contribution in [1.82, 2.24) is 9.80 Å². The minimum absolute atomic E-state index is 0.00263. The first-order valence-electron chi connectivity index (χ1n) is 8.79. The van der Waals surface area contributed by atoms with Gasteiger partial charge in [0.2, 0.25) is 5.91 Å². The predicted molar refractivity (Wildman–Crippen MR) is 103 cm³/mol. The molecule has 0 N–H and O–H groups in total. The van der Waals surface area contributed by atoms with Gasteiger partial charge in [-0.1, -0.05) is 15.9 Å². The zero-order valence-corrected chi connectivity index (χ0v) is 17.1. The largest absolute Gasteiger partial charge is 0.341 e. The zero-order valence-electron chi connectivity index (χ0n) is 14.7. The van der Waals surface area contributed by atoms with Crippen molar-refractivity contribution in [3.05, 3.63) is 34.3 Å². The molecule has 1 atom stereocenters. The lowest BCUT2D eigenvalue weighted by Gasteiger charge is -2.34. The second-order valence-electron chi connectivity index (χ2n) is 7.08. The molecule has 2 aliphatic heterocycles. The van der Waals surface area contributed by atoms with E-state index in [1.807, 2.05) is 12.1 Å². The molecule has 1 unspecified atom stereocenters. The molecule has 1 aromatic rings. The Morgan fingerprint density at radius 1 is 1.12 bits per heavy atom. The van der Waals surface area contributed by atoms with Crippen LogP contribution in [0.1, 0.15) is 29.6 Å². The van der Waals surface area contributed by atoms with Crippen LogP contribution in [-0.4, -0.2) is 67.7 Å². The standard InChI is InChI=1S/C18H23BrN2O4S/c1-20(16-8-11-26(24,25)12-16)17(22)14-6-9-21(10-7-14)18(23)13-2-4-15(19)5-3-13/h2-5,14,16H,6-12H2,1H3. The molecule has 0 radical (unpaired) electrons. The molecule has 0 aliphatic carbocycles. The molecule has 0 spiro atoms. The number of benzene rings is 1. The normalized spacial score (nSPS) is 23.0. The Balaban J connectivity index is 1.55. The molecule has 0 bridgehead atoms. The van der Waals surface area contributed by atoms with Gasteiger partial charge in [-0.3, -0.25) is 9.59 Å². The Morgan fingerprint density at radius 3 is 2.27 bits per heavy atom. The maximum Gasteiger partial charge on any atom is 0.253 e. The Labute approximate surface area is 162 Å². The molecular weight excluding hydrogens is 420 g/mol. The van der Waals surface area contributed by atoms with Crippen LogP contribution in [0.4, 0.5) is 0 Å². The number of nitrogens with zero attached hydrogens (tertiary/aromatic N) is 2. The van der Waals surface area contributed by atoms with Gasteiger partial charge in [0.1, 0.15) is 0 Å². The van der Waals surface area contributed by atoms with Gasteiger partial charge in [0, 0.05) is 42.1 Å². The number of halogens is 1. The molecule has 6 nitrogen and oxygen atoms in total. The number of carbonyl (C=O) groups excluding carboxylic acids is 2. The highest BCUT2D eigenvalue weighted by atomic mass is 79.9. The van der Waals surface area contributed by atoms with Crippen molar-refractivity contribution in [3.63, 3.8) is 0 Å². The van der Waals surface area contributed by atoms with E-state index in [-0.39, 0.29) is 35.3 Å². The molecule has 8 heteroatoms. The maximum atomic E-state index is 12.7. The summed E-state index contributed by atoms with van der Waals surface area (Å²) in [5, 5.41) is 0. The molecule has 1 aromatic carbocycles. The molecule has 2 fully saturated rings. The molecule has 3 rings (SSSR count). The lowest BCUT2D eigenvalue weighted by molar-refractivity contribution is -0.137. The van der Waals surface area contributed by atoms with Crippen LogP contribution in [0.2, 0.25) is 0 Å². The van der Waals surface area contributed by atoms with E-state index in [1.54, 1.807) is 29.0 Å². The van der Waals surface area contributed by atoms with E-state index < -0.39 is 9.84 Å². The smallest absolute Gasteiger partial charge is 0.253 e. The summed E-state index contributed by atoms with van der Waals surface area (Å²) in [6.45, 7) is 1.09. The third kappa shape index (κ3) is 4.28. The van der Waals surface area contributed by atoms with Crippen LogP contribution < -0.4 is 0 Å². The summed E-state index contributed by atoms with van der Waals surface area (Å²) in [6, 6.07) is 7.05. The summed E-state index contributed by atoms with van der Waals surface area (Å²) in [6.07, 6.45) is 1.75.